The van der Waals surface area contributed by atoms with E-state index in [1.165, 1.54) is 0 Å². The van der Waals surface area contributed by atoms with Crippen molar-refractivity contribution < 1.29 is 0 Å². The van der Waals surface area contributed by atoms with Crippen molar-refractivity contribution in [3.8, 4) is 0 Å². The summed E-state index contributed by atoms with van der Waals surface area (Å²) in [7, 11) is 1.74. The van der Waals surface area contributed by atoms with E-state index in [9.17, 15) is 4.79 Å². The molecule has 2 N–H and O–H groups in total. The molecule has 88 valence electrons. The zero-order valence-corrected chi connectivity index (χ0v) is 9.79. The first-order valence-electron chi connectivity index (χ1n) is 5.61. The highest BCUT2D eigenvalue weighted by Crippen LogP contribution is 2.20. The van der Waals surface area contributed by atoms with Gasteiger partial charge in [0.15, 0.2) is 5.82 Å². The van der Waals surface area contributed by atoms with Gasteiger partial charge >= 0.3 is 0 Å². The minimum atomic E-state index is -0.0674. The Bertz CT molecular complexity index is 420. The second-order valence-corrected chi connectivity index (χ2v) is 4.63. The van der Waals surface area contributed by atoms with Gasteiger partial charge in [-0.15, -0.1) is 0 Å². The highest BCUT2D eigenvalue weighted by atomic mass is 16.1. The monoisotopic (exact) mass is 222 g/mol. The molecule has 0 saturated carbocycles. The fraction of sp³-hybridized carbons (Fsp3) is 0.636. The van der Waals surface area contributed by atoms with Crippen LogP contribution in [0, 0.1) is 0 Å². The Kier molecular flexibility index (Phi) is 2.96. The van der Waals surface area contributed by atoms with E-state index in [1.807, 2.05) is 0 Å². The molecule has 1 fully saturated rings. The summed E-state index contributed by atoms with van der Waals surface area (Å²) < 4.78 is 1.54. The molecule has 2 heterocycles. The first kappa shape index (κ1) is 11.1. The lowest BCUT2D eigenvalue weighted by molar-refractivity contribution is 0.363. The van der Waals surface area contributed by atoms with Crippen LogP contribution in [0.2, 0.25) is 0 Å². The highest BCUT2D eigenvalue weighted by molar-refractivity contribution is 5.34. The lowest BCUT2D eigenvalue weighted by Gasteiger charge is -2.35. The van der Waals surface area contributed by atoms with Gasteiger partial charge in [0.25, 0.3) is 5.56 Å². The molecule has 5 heteroatoms. The molecule has 1 aromatic rings. The molecule has 0 bridgehead atoms. The predicted molar refractivity (Wildman–Crippen MR) is 63.6 cm³/mol. The number of hydrogen-bond donors (Lipinski definition) is 2. The molecule has 1 aromatic heterocycles. The van der Waals surface area contributed by atoms with Crippen LogP contribution in [-0.2, 0) is 7.05 Å². The van der Waals surface area contributed by atoms with Gasteiger partial charge in [-0.05, 0) is 32.9 Å². The maximum atomic E-state index is 11.8. The van der Waals surface area contributed by atoms with Crippen LogP contribution >= 0.6 is 0 Å². The second kappa shape index (κ2) is 4.25. The van der Waals surface area contributed by atoms with Gasteiger partial charge in [0, 0.05) is 25.0 Å². The van der Waals surface area contributed by atoms with Crippen molar-refractivity contribution in [2.45, 2.75) is 25.3 Å². The molecule has 5 nitrogen and oxygen atoms in total. The average molecular weight is 222 g/mol. The Morgan fingerprint density at radius 1 is 1.50 bits per heavy atom. The number of nitrogens with zero attached hydrogens (tertiary/aromatic N) is 2. The number of aryl methyl sites for hydroxylation is 1. The van der Waals surface area contributed by atoms with Crippen molar-refractivity contribution in [3.63, 3.8) is 0 Å². The molecule has 0 radical (unpaired) electrons. The first-order valence-corrected chi connectivity index (χ1v) is 5.61. The highest BCUT2D eigenvalue weighted by Gasteiger charge is 2.27. The molecule has 0 atom stereocenters. The number of rotatable bonds is 2. The molecule has 0 aliphatic carbocycles. The zero-order valence-electron chi connectivity index (χ0n) is 9.79. The van der Waals surface area contributed by atoms with E-state index in [2.05, 4.69) is 22.5 Å². The second-order valence-electron chi connectivity index (χ2n) is 4.63. The van der Waals surface area contributed by atoms with E-state index >= 15 is 0 Å². The molecule has 16 heavy (non-hydrogen) atoms. The third kappa shape index (κ3) is 2.24. The normalized spacial score (nSPS) is 19.4. The van der Waals surface area contributed by atoms with E-state index < -0.39 is 0 Å². The lowest BCUT2D eigenvalue weighted by atomic mass is 9.91. The minimum Gasteiger partial charge on any atom is -0.360 e. The van der Waals surface area contributed by atoms with E-state index in [1.54, 1.807) is 24.0 Å². The van der Waals surface area contributed by atoms with Crippen molar-refractivity contribution in [2.75, 3.05) is 18.4 Å². The van der Waals surface area contributed by atoms with Crippen molar-refractivity contribution in [2.24, 2.45) is 7.05 Å². The van der Waals surface area contributed by atoms with Crippen molar-refractivity contribution in [1.82, 2.24) is 14.9 Å². The van der Waals surface area contributed by atoms with Crippen LogP contribution in [0.4, 0.5) is 5.82 Å². The lowest BCUT2D eigenvalue weighted by Crippen LogP contribution is -2.46. The molecule has 1 aliphatic heterocycles. The summed E-state index contributed by atoms with van der Waals surface area (Å²) in [5.41, 5.74) is -0.0894. The summed E-state index contributed by atoms with van der Waals surface area (Å²) in [6, 6.07) is 0. The zero-order chi connectivity index (χ0) is 11.6. The van der Waals surface area contributed by atoms with Crippen LogP contribution in [0.5, 0.6) is 0 Å². The van der Waals surface area contributed by atoms with E-state index in [-0.39, 0.29) is 11.1 Å². The first-order chi connectivity index (χ1) is 7.61. The van der Waals surface area contributed by atoms with Crippen molar-refractivity contribution >= 4 is 5.82 Å². The van der Waals surface area contributed by atoms with E-state index in [0.29, 0.717) is 5.82 Å². The molecule has 0 aromatic carbocycles. The summed E-state index contributed by atoms with van der Waals surface area (Å²) in [6.45, 7) is 4.11. The fourth-order valence-corrected chi connectivity index (χ4v) is 1.97. The Morgan fingerprint density at radius 3 is 2.88 bits per heavy atom. The van der Waals surface area contributed by atoms with Gasteiger partial charge in [-0.2, -0.15) is 0 Å². The smallest absolute Gasteiger partial charge is 0.293 e. The SMILES string of the molecule is Cn1ccnc(NC2(C)CCNCC2)c1=O. The molecule has 2 rings (SSSR count). The maximum Gasteiger partial charge on any atom is 0.293 e. The van der Waals surface area contributed by atoms with Crippen LogP contribution < -0.4 is 16.2 Å². The van der Waals surface area contributed by atoms with Gasteiger partial charge in [0.05, 0.1) is 0 Å². The van der Waals surface area contributed by atoms with E-state index in [4.69, 9.17) is 0 Å². The molecular formula is C11H18N4O. The third-order valence-corrected chi connectivity index (χ3v) is 3.14. The van der Waals surface area contributed by atoms with Crippen LogP contribution in [-0.4, -0.2) is 28.2 Å². The summed E-state index contributed by atoms with van der Waals surface area (Å²) in [4.78, 5) is 15.9. The van der Waals surface area contributed by atoms with Crippen molar-refractivity contribution in [3.05, 3.63) is 22.7 Å². The fourth-order valence-electron chi connectivity index (χ4n) is 1.97. The Hall–Kier alpha value is -1.36. The number of piperidine rings is 1. The van der Waals surface area contributed by atoms with Crippen LogP contribution in [0.3, 0.4) is 0 Å². The van der Waals surface area contributed by atoms with Gasteiger partial charge in [-0.25, -0.2) is 4.98 Å². The molecule has 0 unspecified atom stereocenters. The number of hydrogen-bond acceptors (Lipinski definition) is 4. The summed E-state index contributed by atoms with van der Waals surface area (Å²) in [5, 5.41) is 6.59. The molecule has 1 saturated heterocycles. The Morgan fingerprint density at radius 2 is 2.19 bits per heavy atom. The van der Waals surface area contributed by atoms with Crippen LogP contribution in [0.25, 0.3) is 0 Å². The maximum absolute atomic E-state index is 11.8. The van der Waals surface area contributed by atoms with Gasteiger partial charge in [0.1, 0.15) is 0 Å². The molecule has 1 aliphatic rings. The van der Waals surface area contributed by atoms with Gasteiger partial charge in [-0.1, -0.05) is 0 Å². The summed E-state index contributed by atoms with van der Waals surface area (Å²) in [6.07, 6.45) is 5.33. The summed E-state index contributed by atoms with van der Waals surface area (Å²) in [5.74, 6) is 0.453. The van der Waals surface area contributed by atoms with Crippen LogP contribution in [0.1, 0.15) is 19.8 Å². The Labute approximate surface area is 94.9 Å². The van der Waals surface area contributed by atoms with Crippen LogP contribution in [0.15, 0.2) is 17.2 Å². The Balaban J connectivity index is 2.20. The molecule has 0 amide bonds. The van der Waals surface area contributed by atoms with E-state index in [0.717, 1.165) is 25.9 Å². The number of nitrogens with one attached hydrogen (secondary N) is 2. The van der Waals surface area contributed by atoms with Gasteiger partial charge < -0.3 is 15.2 Å². The minimum absolute atomic E-state index is 0.0221. The number of anilines is 1. The largest absolute Gasteiger partial charge is 0.360 e. The van der Waals surface area contributed by atoms with Crippen molar-refractivity contribution in [1.29, 1.82) is 0 Å². The quantitative estimate of drug-likeness (QED) is 0.757. The predicted octanol–water partition coefficient (Wildman–Crippen LogP) is 0.334. The summed E-state index contributed by atoms with van der Waals surface area (Å²) >= 11 is 0. The molecular weight excluding hydrogens is 204 g/mol. The number of aromatic nitrogens is 2. The molecule has 0 spiro atoms. The van der Waals surface area contributed by atoms with Gasteiger partial charge in [0.2, 0.25) is 0 Å². The average Bonchev–Trinajstić information content (AvgIpc) is 2.26. The standard InChI is InChI=1S/C11H18N4O/c1-11(3-5-12-6-4-11)14-9-10(16)15(2)8-7-13-9/h7-8,12H,3-6H2,1-2H3,(H,13,14). The van der Waals surface area contributed by atoms with Gasteiger partial charge in [-0.3, -0.25) is 4.79 Å². The third-order valence-electron chi connectivity index (χ3n) is 3.14. The topological polar surface area (TPSA) is 59.0 Å².